The molecule has 0 saturated heterocycles. The minimum atomic E-state index is 0.0324. The van der Waals surface area contributed by atoms with Crippen LogP contribution in [0.15, 0.2) is 12.1 Å². The monoisotopic (exact) mass is 191 g/mol. The number of pyridine rings is 1. The third-order valence-corrected chi connectivity index (χ3v) is 2.30. The molecule has 0 saturated carbocycles. The highest BCUT2D eigenvalue weighted by Crippen LogP contribution is 2.26. The molecular weight excluding hydrogens is 178 g/mol. The molecule has 1 amide bonds. The average molecular weight is 191 g/mol. The lowest BCUT2D eigenvalue weighted by molar-refractivity contribution is -0.115. The molecule has 4 nitrogen and oxygen atoms in total. The first-order valence-corrected chi connectivity index (χ1v) is 4.73. The zero-order valence-corrected chi connectivity index (χ0v) is 8.37. The molecule has 0 aliphatic carbocycles. The first-order chi connectivity index (χ1) is 6.70. The molecule has 0 unspecified atom stereocenters. The summed E-state index contributed by atoms with van der Waals surface area (Å²) in [5.41, 5.74) is 1.78. The van der Waals surface area contributed by atoms with E-state index in [1.54, 1.807) is 0 Å². The predicted molar refractivity (Wildman–Crippen MR) is 55.5 cm³/mol. The number of hydrogen-bond acceptors (Lipinski definition) is 3. The molecule has 0 aromatic carbocycles. The number of carbonyl (C=O) groups excluding carboxylic acids is 1. The van der Waals surface area contributed by atoms with Crippen LogP contribution in [0.3, 0.4) is 0 Å². The summed E-state index contributed by atoms with van der Waals surface area (Å²) in [5, 5.41) is 2.81. The summed E-state index contributed by atoms with van der Waals surface area (Å²) in [6.07, 6.45) is 0. The van der Waals surface area contributed by atoms with Gasteiger partial charge in [0.15, 0.2) is 5.82 Å². The van der Waals surface area contributed by atoms with Gasteiger partial charge in [0.05, 0.1) is 12.2 Å². The van der Waals surface area contributed by atoms with Gasteiger partial charge in [0, 0.05) is 12.2 Å². The third-order valence-electron chi connectivity index (χ3n) is 2.30. The topological polar surface area (TPSA) is 45.2 Å². The standard InChI is InChI=1S/C10H13N3O/c1-3-13-6-9(14)12-8-5-4-7(2)11-10(8)13/h4-5H,3,6H2,1-2H3,(H,12,14). The Bertz CT molecular complexity index is 376. The number of anilines is 2. The number of hydrogen-bond donors (Lipinski definition) is 1. The highest BCUT2D eigenvalue weighted by Gasteiger charge is 2.21. The Morgan fingerprint density at radius 3 is 3.07 bits per heavy atom. The van der Waals surface area contributed by atoms with Crippen molar-refractivity contribution in [1.82, 2.24) is 4.98 Å². The maximum atomic E-state index is 11.3. The molecule has 2 rings (SSSR count). The molecule has 0 bridgehead atoms. The molecule has 4 heteroatoms. The molecule has 1 N–H and O–H groups in total. The van der Waals surface area contributed by atoms with E-state index >= 15 is 0 Å². The molecule has 0 fully saturated rings. The van der Waals surface area contributed by atoms with Crippen molar-refractivity contribution in [1.29, 1.82) is 0 Å². The molecule has 14 heavy (non-hydrogen) atoms. The van der Waals surface area contributed by atoms with Crippen LogP contribution >= 0.6 is 0 Å². The number of nitrogens with one attached hydrogen (secondary N) is 1. The Kier molecular flexibility index (Phi) is 2.11. The molecule has 0 spiro atoms. The van der Waals surface area contributed by atoms with Gasteiger partial charge in [-0.05, 0) is 26.0 Å². The van der Waals surface area contributed by atoms with Crippen LogP contribution in [-0.4, -0.2) is 24.0 Å². The molecule has 1 aliphatic rings. The number of carbonyl (C=O) groups is 1. The fourth-order valence-corrected chi connectivity index (χ4v) is 1.58. The quantitative estimate of drug-likeness (QED) is 0.724. The molecule has 0 atom stereocenters. The lowest BCUT2D eigenvalue weighted by atomic mass is 10.2. The lowest BCUT2D eigenvalue weighted by Gasteiger charge is -2.28. The second-order valence-corrected chi connectivity index (χ2v) is 3.39. The van der Waals surface area contributed by atoms with E-state index in [4.69, 9.17) is 0 Å². The van der Waals surface area contributed by atoms with Crippen molar-refractivity contribution in [3.05, 3.63) is 17.8 Å². The average Bonchev–Trinajstić information content (AvgIpc) is 2.17. The maximum absolute atomic E-state index is 11.3. The van der Waals surface area contributed by atoms with Crippen LogP contribution < -0.4 is 10.2 Å². The van der Waals surface area contributed by atoms with E-state index in [9.17, 15) is 4.79 Å². The van der Waals surface area contributed by atoms with E-state index in [1.165, 1.54) is 0 Å². The second-order valence-electron chi connectivity index (χ2n) is 3.39. The van der Waals surface area contributed by atoms with E-state index in [0.717, 1.165) is 23.7 Å². The van der Waals surface area contributed by atoms with Crippen LogP contribution in [0.1, 0.15) is 12.6 Å². The van der Waals surface area contributed by atoms with Crippen LogP contribution in [0.4, 0.5) is 11.5 Å². The highest BCUT2D eigenvalue weighted by molar-refractivity contribution is 6.00. The third kappa shape index (κ3) is 1.43. The predicted octanol–water partition coefficient (Wildman–Crippen LogP) is 1.17. The van der Waals surface area contributed by atoms with Gasteiger partial charge in [-0.3, -0.25) is 4.79 Å². The van der Waals surface area contributed by atoms with Gasteiger partial charge in [0.25, 0.3) is 0 Å². The van der Waals surface area contributed by atoms with E-state index in [1.807, 2.05) is 30.9 Å². The summed E-state index contributed by atoms with van der Waals surface area (Å²) in [6.45, 7) is 5.17. The van der Waals surface area contributed by atoms with E-state index in [0.29, 0.717) is 6.54 Å². The van der Waals surface area contributed by atoms with Gasteiger partial charge >= 0.3 is 0 Å². The Labute approximate surface area is 82.9 Å². The number of nitrogens with zero attached hydrogens (tertiary/aromatic N) is 2. The number of amides is 1. The SMILES string of the molecule is CCN1CC(=O)Nc2ccc(C)nc21. The molecular formula is C10H13N3O. The van der Waals surface area contributed by atoms with Gasteiger partial charge in [-0.25, -0.2) is 4.98 Å². The highest BCUT2D eigenvalue weighted by atomic mass is 16.2. The zero-order valence-electron chi connectivity index (χ0n) is 8.37. The van der Waals surface area contributed by atoms with Gasteiger partial charge in [0.2, 0.25) is 5.91 Å². The summed E-state index contributed by atoms with van der Waals surface area (Å²) in [5.74, 6) is 0.914. The maximum Gasteiger partial charge on any atom is 0.244 e. The van der Waals surface area contributed by atoms with Crippen molar-refractivity contribution in [2.45, 2.75) is 13.8 Å². The minimum absolute atomic E-state index is 0.0324. The van der Waals surface area contributed by atoms with Gasteiger partial charge in [0.1, 0.15) is 0 Å². The summed E-state index contributed by atoms with van der Waals surface area (Å²) in [6, 6.07) is 3.80. The number of aryl methyl sites for hydroxylation is 1. The molecule has 1 aromatic heterocycles. The fraction of sp³-hybridized carbons (Fsp3) is 0.400. The summed E-state index contributed by atoms with van der Waals surface area (Å²) >= 11 is 0. The van der Waals surface area contributed by atoms with Gasteiger partial charge in [-0.1, -0.05) is 0 Å². The molecule has 0 radical (unpaired) electrons. The number of likely N-dealkylation sites (N-methyl/N-ethyl adjacent to an activating group) is 1. The van der Waals surface area contributed by atoms with Crippen LogP contribution in [0.2, 0.25) is 0 Å². The van der Waals surface area contributed by atoms with E-state index in [2.05, 4.69) is 10.3 Å². The van der Waals surface area contributed by atoms with Gasteiger partial charge < -0.3 is 10.2 Å². The normalized spacial score (nSPS) is 15.0. The molecule has 74 valence electrons. The molecule has 1 aliphatic heterocycles. The van der Waals surface area contributed by atoms with Gasteiger partial charge in [-0.2, -0.15) is 0 Å². The van der Waals surface area contributed by atoms with Crippen LogP contribution in [0.5, 0.6) is 0 Å². The summed E-state index contributed by atoms with van der Waals surface area (Å²) < 4.78 is 0. The van der Waals surface area contributed by atoms with Crippen LogP contribution in [0.25, 0.3) is 0 Å². The number of rotatable bonds is 1. The van der Waals surface area contributed by atoms with Crippen molar-refractivity contribution in [3.63, 3.8) is 0 Å². The van der Waals surface area contributed by atoms with E-state index in [-0.39, 0.29) is 5.91 Å². The molecule has 2 heterocycles. The van der Waals surface area contributed by atoms with Crippen LogP contribution in [0, 0.1) is 6.92 Å². The molecule has 1 aromatic rings. The van der Waals surface area contributed by atoms with Crippen LogP contribution in [-0.2, 0) is 4.79 Å². The van der Waals surface area contributed by atoms with Gasteiger partial charge in [-0.15, -0.1) is 0 Å². The zero-order chi connectivity index (χ0) is 10.1. The summed E-state index contributed by atoms with van der Waals surface area (Å²) in [7, 11) is 0. The van der Waals surface area contributed by atoms with Crippen molar-refractivity contribution in [2.24, 2.45) is 0 Å². The number of aromatic nitrogens is 1. The largest absolute Gasteiger partial charge is 0.346 e. The second kappa shape index (κ2) is 3.29. The Hall–Kier alpha value is -1.58. The van der Waals surface area contributed by atoms with Crippen molar-refractivity contribution < 1.29 is 4.79 Å². The first kappa shape index (κ1) is 8.99. The lowest BCUT2D eigenvalue weighted by Crippen LogP contribution is -2.38. The summed E-state index contributed by atoms with van der Waals surface area (Å²) in [4.78, 5) is 17.7. The fourth-order valence-electron chi connectivity index (χ4n) is 1.58. The Balaban J connectivity index is 2.46. The van der Waals surface area contributed by atoms with Crippen molar-refractivity contribution >= 4 is 17.4 Å². The number of fused-ring (bicyclic) bond motifs is 1. The van der Waals surface area contributed by atoms with Crippen molar-refractivity contribution in [2.75, 3.05) is 23.3 Å². The minimum Gasteiger partial charge on any atom is -0.346 e. The smallest absolute Gasteiger partial charge is 0.244 e. The Morgan fingerprint density at radius 1 is 1.57 bits per heavy atom. The Morgan fingerprint density at radius 2 is 2.36 bits per heavy atom. The van der Waals surface area contributed by atoms with E-state index < -0.39 is 0 Å². The first-order valence-electron chi connectivity index (χ1n) is 4.73. The van der Waals surface area contributed by atoms with Crippen molar-refractivity contribution in [3.8, 4) is 0 Å².